The lowest BCUT2D eigenvalue weighted by atomic mass is 10.0. The molecule has 2 rings (SSSR count). The Balaban J connectivity index is 2.12. The molecule has 1 aliphatic heterocycles. The number of benzene rings is 1. The zero-order valence-corrected chi connectivity index (χ0v) is 8.94. The number of nitrogens with one attached hydrogen (secondary N) is 1. The van der Waals surface area contributed by atoms with Crippen molar-refractivity contribution in [3.63, 3.8) is 0 Å². The first kappa shape index (κ1) is 11.1. The van der Waals surface area contributed by atoms with Crippen LogP contribution in [0.1, 0.15) is 30.1 Å². The summed E-state index contributed by atoms with van der Waals surface area (Å²) in [5.41, 5.74) is 2.58. The standard InChI is InChI=1S/C12H15NO3/c14-5-1-2-11(15)8-3-4-10-9(6-8)7-12(16)13-10/h3-4,6,11,14-15H,1-2,5,7H2,(H,13,16). The second-order valence-corrected chi connectivity index (χ2v) is 4.02. The SMILES string of the molecule is O=C1Cc2cc(C(O)CCCO)ccc2N1. The number of aliphatic hydroxyl groups is 2. The highest BCUT2D eigenvalue weighted by atomic mass is 16.3. The number of amides is 1. The maximum atomic E-state index is 11.1. The molecule has 0 saturated carbocycles. The van der Waals surface area contributed by atoms with E-state index in [2.05, 4.69) is 5.32 Å². The Hall–Kier alpha value is -1.39. The second kappa shape index (κ2) is 4.63. The van der Waals surface area contributed by atoms with Crippen molar-refractivity contribution in [3.05, 3.63) is 29.3 Å². The van der Waals surface area contributed by atoms with Crippen molar-refractivity contribution in [1.29, 1.82) is 0 Å². The molecule has 1 aromatic carbocycles. The van der Waals surface area contributed by atoms with Crippen molar-refractivity contribution in [1.82, 2.24) is 0 Å². The molecule has 16 heavy (non-hydrogen) atoms. The van der Waals surface area contributed by atoms with Crippen molar-refractivity contribution >= 4 is 11.6 Å². The zero-order chi connectivity index (χ0) is 11.5. The average Bonchev–Trinajstić information content (AvgIpc) is 2.64. The predicted molar refractivity (Wildman–Crippen MR) is 60.1 cm³/mol. The molecule has 0 aliphatic carbocycles. The fraction of sp³-hybridized carbons (Fsp3) is 0.417. The van der Waals surface area contributed by atoms with Crippen molar-refractivity contribution in [3.8, 4) is 0 Å². The fourth-order valence-electron chi connectivity index (χ4n) is 1.91. The van der Waals surface area contributed by atoms with Gasteiger partial charge in [0.15, 0.2) is 0 Å². The monoisotopic (exact) mass is 221 g/mol. The zero-order valence-electron chi connectivity index (χ0n) is 8.94. The normalized spacial score (nSPS) is 15.8. The molecule has 1 heterocycles. The van der Waals surface area contributed by atoms with Crippen LogP contribution < -0.4 is 5.32 Å². The van der Waals surface area contributed by atoms with Crippen molar-refractivity contribution in [2.24, 2.45) is 0 Å². The van der Waals surface area contributed by atoms with Crippen molar-refractivity contribution in [2.45, 2.75) is 25.4 Å². The van der Waals surface area contributed by atoms with Crippen LogP contribution >= 0.6 is 0 Å². The van der Waals surface area contributed by atoms with E-state index in [9.17, 15) is 9.90 Å². The Bertz CT molecular complexity index is 403. The first-order valence-corrected chi connectivity index (χ1v) is 5.42. The van der Waals surface area contributed by atoms with Gasteiger partial charge in [0, 0.05) is 12.3 Å². The minimum Gasteiger partial charge on any atom is -0.396 e. The van der Waals surface area contributed by atoms with Gasteiger partial charge in [0.1, 0.15) is 0 Å². The van der Waals surface area contributed by atoms with E-state index in [1.54, 1.807) is 0 Å². The highest BCUT2D eigenvalue weighted by Gasteiger charge is 2.18. The van der Waals surface area contributed by atoms with Gasteiger partial charge in [-0.25, -0.2) is 0 Å². The molecule has 1 aromatic rings. The summed E-state index contributed by atoms with van der Waals surface area (Å²) in [4.78, 5) is 11.1. The summed E-state index contributed by atoms with van der Waals surface area (Å²) in [5, 5.41) is 21.3. The van der Waals surface area contributed by atoms with Crippen LogP contribution in [-0.2, 0) is 11.2 Å². The molecule has 4 nitrogen and oxygen atoms in total. The Morgan fingerprint density at radius 3 is 3.00 bits per heavy atom. The lowest BCUT2D eigenvalue weighted by Gasteiger charge is -2.11. The van der Waals surface area contributed by atoms with Gasteiger partial charge >= 0.3 is 0 Å². The number of carbonyl (C=O) groups is 1. The molecule has 1 aliphatic rings. The summed E-state index contributed by atoms with van der Waals surface area (Å²) in [6.45, 7) is 0.0854. The number of fused-ring (bicyclic) bond motifs is 1. The summed E-state index contributed by atoms with van der Waals surface area (Å²) in [6, 6.07) is 5.49. The fourth-order valence-corrected chi connectivity index (χ4v) is 1.91. The molecule has 3 N–H and O–H groups in total. The Kier molecular flexibility index (Phi) is 3.22. The summed E-state index contributed by atoms with van der Waals surface area (Å²) in [7, 11) is 0. The van der Waals surface area contributed by atoms with Crippen LogP contribution in [0.5, 0.6) is 0 Å². The summed E-state index contributed by atoms with van der Waals surface area (Å²) < 4.78 is 0. The van der Waals surface area contributed by atoms with Gasteiger partial charge in [-0.2, -0.15) is 0 Å². The van der Waals surface area contributed by atoms with Gasteiger partial charge in [0.05, 0.1) is 12.5 Å². The minimum atomic E-state index is -0.562. The molecule has 86 valence electrons. The number of hydrogen-bond acceptors (Lipinski definition) is 3. The molecule has 0 bridgehead atoms. The largest absolute Gasteiger partial charge is 0.396 e. The maximum absolute atomic E-state index is 11.1. The van der Waals surface area contributed by atoms with E-state index in [1.165, 1.54) is 0 Å². The van der Waals surface area contributed by atoms with E-state index in [0.717, 1.165) is 16.8 Å². The average molecular weight is 221 g/mol. The van der Waals surface area contributed by atoms with Crippen LogP contribution in [0.15, 0.2) is 18.2 Å². The van der Waals surface area contributed by atoms with Gasteiger partial charge < -0.3 is 15.5 Å². The van der Waals surface area contributed by atoms with Gasteiger partial charge in [-0.1, -0.05) is 12.1 Å². The van der Waals surface area contributed by atoms with Crippen LogP contribution in [0.3, 0.4) is 0 Å². The summed E-state index contributed by atoms with van der Waals surface area (Å²) in [6.07, 6.45) is 0.940. The molecular weight excluding hydrogens is 206 g/mol. The van der Waals surface area contributed by atoms with E-state index in [0.29, 0.717) is 19.3 Å². The summed E-state index contributed by atoms with van der Waals surface area (Å²) in [5.74, 6) is -0.00278. The molecule has 0 saturated heterocycles. The molecule has 1 unspecified atom stereocenters. The van der Waals surface area contributed by atoms with E-state index < -0.39 is 6.10 Å². The van der Waals surface area contributed by atoms with E-state index in [4.69, 9.17) is 5.11 Å². The van der Waals surface area contributed by atoms with Gasteiger partial charge in [0.25, 0.3) is 0 Å². The number of aliphatic hydroxyl groups excluding tert-OH is 2. The molecule has 0 spiro atoms. The molecular formula is C12H15NO3. The number of hydrogen-bond donors (Lipinski definition) is 3. The topological polar surface area (TPSA) is 69.6 Å². The van der Waals surface area contributed by atoms with Crippen LogP contribution in [0.25, 0.3) is 0 Å². The minimum absolute atomic E-state index is 0.00278. The second-order valence-electron chi connectivity index (χ2n) is 4.02. The van der Waals surface area contributed by atoms with Gasteiger partial charge in [0.2, 0.25) is 5.91 Å². The Morgan fingerprint density at radius 2 is 2.25 bits per heavy atom. The highest BCUT2D eigenvalue weighted by Crippen LogP contribution is 2.27. The lowest BCUT2D eigenvalue weighted by molar-refractivity contribution is -0.115. The quantitative estimate of drug-likeness (QED) is 0.710. The molecule has 0 fully saturated rings. The van der Waals surface area contributed by atoms with Crippen LogP contribution in [0.4, 0.5) is 5.69 Å². The predicted octanol–water partition coefficient (Wildman–Crippen LogP) is 0.987. The van der Waals surface area contributed by atoms with Crippen molar-refractivity contribution < 1.29 is 15.0 Å². The molecule has 0 radical (unpaired) electrons. The first-order valence-electron chi connectivity index (χ1n) is 5.42. The highest BCUT2D eigenvalue weighted by molar-refractivity contribution is 5.99. The lowest BCUT2D eigenvalue weighted by Crippen LogP contribution is -2.03. The van der Waals surface area contributed by atoms with Crippen LogP contribution in [-0.4, -0.2) is 22.7 Å². The first-order chi connectivity index (χ1) is 7.70. The molecule has 0 aromatic heterocycles. The Morgan fingerprint density at radius 1 is 1.44 bits per heavy atom. The third-order valence-corrected chi connectivity index (χ3v) is 2.77. The van der Waals surface area contributed by atoms with Crippen LogP contribution in [0.2, 0.25) is 0 Å². The van der Waals surface area contributed by atoms with E-state index in [1.807, 2.05) is 18.2 Å². The number of anilines is 1. The smallest absolute Gasteiger partial charge is 0.228 e. The van der Waals surface area contributed by atoms with Crippen molar-refractivity contribution in [2.75, 3.05) is 11.9 Å². The third-order valence-electron chi connectivity index (χ3n) is 2.77. The third kappa shape index (κ3) is 2.23. The maximum Gasteiger partial charge on any atom is 0.228 e. The van der Waals surface area contributed by atoms with E-state index >= 15 is 0 Å². The molecule has 1 amide bonds. The van der Waals surface area contributed by atoms with Gasteiger partial charge in [-0.15, -0.1) is 0 Å². The van der Waals surface area contributed by atoms with E-state index in [-0.39, 0.29) is 12.5 Å². The molecule has 1 atom stereocenters. The number of rotatable bonds is 4. The Labute approximate surface area is 93.9 Å². The number of carbonyl (C=O) groups excluding carboxylic acids is 1. The van der Waals surface area contributed by atoms with Crippen LogP contribution in [0, 0.1) is 0 Å². The van der Waals surface area contributed by atoms with Gasteiger partial charge in [-0.3, -0.25) is 4.79 Å². The summed E-state index contributed by atoms with van der Waals surface area (Å²) >= 11 is 0. The molecule has 4 heteroatoms. The van der Waals surface area contributed by atoms with Gasteiger partial charge in [-0.05, 0) is 30.0 Å².